The van der Waals surface area contributed by atoms with E-state index in [4.69, 9.17) is 27.9 Å². The summed E-state index contributed by atoms with van der Waals surface area (Å²) in [4.78, 5) is 24.8. The van der Waals surface area contributed by atoms with E-state index in [1.165, 1.54) is 4.90 Å². The van der Waals surface area contributed by atoms with Gasteiger partial charge in [0.25, 0.3) is 0 Å². The summed E-state index contributed by atoms with van der Waals surface area (Å²) in [6, 6.07) is 4.89. The SMILES string of the molecule is O=C(NC1CC2CCC(C1)N2C(=O)O)OCc1cc(Cl)cc(Cl)c1. The predicted octanol–water partition coefficient (Wildman–Crippen LogP) is 3.89. The molecule has 2 heterocycles. The third-order valence-electron chi connectivity index (χ3n) is 4.57. The van der Waals surface area contributed by atoms with E-state index >= 15 is 0 Å². The minimum Gasteiger partial charge on any atom is -0.465 e. The number of rotatable bonds is 3. The normalized spacial score (nSPS) is 25.4. The molecule has 6 nitrogen and oxygen atoms in total. The lowest BCUT2D eigenvalue weighted by Crippen LogP contribution is -2.52. The van der Waals surface area contributed by atoms with E-state index in [1.807, 2.05) is 0 Å². The average Bonchev–Trinajstić information content (AvgIpc) is 2.76. The Morgan fingerprint density at radius 1 is 1.17 bits per heavy atom. The van der Waals surface area contributed by atoms with E-state index in [2.05, 4.69) is 5.32 Å². The number of fused-ring (bicyclic) bond motifs is 2. The number of benzene rings is 1. The maximum Gasteiger partial charge on any atom is 0.407 e. The van der Waals surface area contributed by atoms with Gasteiger partial charge in [-0.3, -0.25) is 0 Å². The van der Waals surface area contributed by atoms with Crippen LogP contribution in [0.25, 0.3) is 0 Å². The molecule has 0 aromatic heterocycles. The fraction of sp³-hybridized carbons (Fsp3) is 0.500. The van der Waals surface area contributed by atoms with Gasteiger partial charge in [-0.1, -0.05) is 23.2 Å². The number of ether oxygens (including phenoxy) is 1. The highest BCUT2D eigenvalue weighted by Gasteiger charge is 2.43. The van der Waals surface area contributed by atoms with Crippen LogP contribution in [0.3, 0.4) is 0 Å². The third-order valence-corrected chi connectivity index (χ3v) is 5.00. The van der Waals surface area contributed by atoms with Crippen LogP contribution in [-0.2, 0) is 11.3 Å². The lowest BCUT2D eigenvalue weighted by molar-refractivity contribution is 0.0873. The second kappa shape index (κ2) is 7.07. The fourth-order valence-corrected chi connectivity index (χ4v) is 4.23. The van der Waals surface area contributed by atoms with Crippen LogP contribution in [0.2, 0.25) is 10.0 Å². The molecule has 0 radical (unpaired) electrons. The number of piperidine rings is 1. The van der Waals surface area contributed by atoms with Crippen molar-refractivity contribution in [1.29, 1.82) is 0 Å². The van der Waals surface area contributed by atoms with Crippen molar-refractivity contribution in [3.8, 4) is 0 Å². The summed E-state index contributed by atoms with van der Waals surface area (Å²) < 4.78 is 5.21. The first-order valence-electron chi connectivity index (χ1n) is 7.82. The Morgan fingerprint density at radius 3 is 2.29 bits per heavy atom. The zero-order valence-corrected chi connectivity index (χ0v) is 14.4. The number of carbonyl (C=O) groups is 2. The molecular formula is C16H18Cl2N2O4. The van der Waals surface area contributed by atoms with E-state index < -0.39 is 12.2 Å². The molecular weight excluding hydrogens is 355 g/mol. The summed E-state index contributed by atoms with van der Waals surface area (Å²) in [5.74, 6) is 0. The van der Waals surface area contributed by atoms with Gasteiger partial charge in [0, 0.05) is 28.2 Å². The fourth-order valence-electron chi connectivity index (χ4n) is 3.66. The van der Waals surface area contributed by atoms with Crippen molar-refractivity contribution in [2.45, 2.75) is 50.4 Å². The van der Waals surface area contributed by atoms with Crippen molar-refractivity contribution in [2.75, 3.05) is 0 Å². The van der Waals surface area contributed by atoms with Gasteiger partial charge in [-0.25, -0.2) is 9.59 Å². The summed E-state index contributed by atoms with van der Waals surface area (Å²) in [7, 11) is 0. The average molecular weight is 373 g/mol. The molecule has 0 aliphatic carbocycles. The monoisotopic (exact) mass is 372 g/mol. The van der Waals surface area contributed by atoms with Gasteiger partial charge in [0.2, 0.25) is 0 Å². The van der Waals surface area contributed by atoms with E-state index in [1.54, 1.807) is 18.2 Å². The smallest absolute Gasteiger partial charge is 0.407 e. The minimum atomic E-state index is -0.874. The van der Waals surface area contributed by atoms with E-state index in [9.17, 15) is 14.7 Å². The van der Waals surface area contributed by atoms with Crippen LogP contribution >= 0.6 is 23.2 Å². The molecule has 24 heavy (non-hydrogen) atoms. The van der Waals surface area contributed by atoms with Crippen molar-refractivity contribution < 1.29 is 19.4 Å². The number of amides is 2. The van der Waals surface area contributed by atoms with Crippen LogP contribution in [0.5, 0.6) is 0 Å². The number of carboxylic acid groups (broad SMARTS) is 1. The Kier molecular flexibility index (Phi) is 5.06. The summed E-state index contributed by atoms with van der Waals surface area (Å²) in [6.07, 6.45) is 1.57. The maximum atomic E-state index is 12.0. The second-order valence-corrected chi connectivity index (χ2v) is 7.11. The maximum absolute atomic E-state index is 12.0. The standard InChI is InChI=1S/C16H18Cl2N2O4/c17-10-3-9(4-11(18)5-10)8-24-15(21)19-12-6-13-1-2-14(7-12)20(13)16(22)23/h3-5,12-14H,1-2,6-8H2,(H,19,21)(H,22,23). The molecule has 2 amide bonds. The van der Waals surface area contributed by atoms with Crippen LogP contribution in [-0.4, -0.2) is 40.3 Å². The molecule has 2 aliphatic heterocycles. The van der Waals surface area contributed by atoms with Gasteiger partial charge in [0.05, 0.1) is 0 Å². The first kappa shape index (κ1) is 17.2. The topological polar surface area (TPSA) is 78.9 Å². The van der Waals surface area contributed by atoms with Crippen molar-refractivity contribution in [1.82, 2.24) is 10.2 Å². The lowest BCUT2D eigenvalue weighted by atomic mass is 9.98. The highest BCUT2D eigenvalue weighted by molar-refractivity contribution is 6.34. The molecule has 2 aliphatic rings. The van der Waals surface area contributed by atoms with Gasteiger partial charge in [-0.05, 0) is 49.4 Å². The van der Waals surface area contributed by atoms with E-state index in [0.717, 1.165) is 12.8 Å². The van der Waals surface area contributed by atoms with E-state index in [0.29, 0.717) is 28.5 Å². The number of carbonyl (C=O) groups excluding carboxylic acids is 1. The Hall–Kier alpha value is -1.66. The number of halogens is 2. The summed E-state index contributed by atoms with van der Waals surface area (Å²) in [5.41, 5.74) is 0.711. The largest absolute Gasteiger partial charge is 0.465 e. The first-order chi connectivity index (χ1) is 11.4. The van der Waals surface area contributed by atoms with Gasteiger partial charge < -0.3 is 20.1 Å². The molecule has 8 heteroatoms. The van der Waals surface area contributed by atoms with Crippen LogP contribution in [0.4, 0.5) is 9.59 Å². The molecule has 2 bridgehead atoms. The number of nitrogens with zero attached hydrogens (tertiary/aromatic N) is 1. The van der Waals surface area contributed by atoms with Gasteiger partial charge in [-0.15, -0.1) is 0 Å². The lowest BCUT2D eigenvalue weighted by Gasteiger charge is -2.37. The molecule has 2 fully saturated rings. The molecule has 130 valence electrons. The van der Waals surface area contributed by atoms with Gasteiger partial charge in [0.15, 0.2) is 0 Å². The molecule has 2 N–H and O–H groups in total. The number of hydrogen-bond acceptors (Lipinski definition) is 3. The zero-order valence-electron chi connectivity index (χ0n) is 12.9. The highest BCUT2D eigenvalue weighted by Crippen LogP contribution is 2.35. The number of hydrogen-bond donors (Lipinski definition) is 2. The van der Waals surface area contributed by atoms with Crippen LogP contribution in [0.1, 0.15) is 31.2 Å². The Labute approximate surface area is 149 Å². The number of alkyl carbamates (subject to hydrolysis) is 1. The van der Waals surface area contributed by atoms with Crippen LogP contribution in [0, 0.1) is 0 Å². The minimum absolute atomic E-state index is 0.0155. The molecule has 2 saturated heterocycles. The molecule has 2 atom stereocenters. The summed E-state index contributed by atoms with van der Waals surface area (Å²) in [5, 5.41) is 13.0. The van der Waals surface area contributed by atoms with Gasteiger partial charge in [0.1, 0.15) is 6.61 Å². The molecule has 1 aromatic rings. The third kappa shape index (κ3) is 3.87. The molecule has 2 unspecified atom stereocenters. The summed E-state index contributed by atoms with van der Waals surface area (Å²) >= 11 is 11.8. The van der Waals surface area contributed by atoms with Crippen LogP contribution in [0.15, 0.2) is 18.2 Å². The quantitative estimate of drug-likeness (QED) is 0.843. The molecule has 0 saturated carbocycles. The first-order valence-corrected chi connectivity index (χ1v) is 8.57. The summed E-state index contributed by atoms with van der Waals surface area (Å²) in [6.45, 7) is 0.0763. The predicted molar refractivity (Wildman–Crippen MR) is 89.5 cm³/mol. The van der Waals surface area contributed by atoms with Crippen molar-refractivity contribution in [3.05, 3.63) is 33.8 Å². The van der Waals surface area contributed by atoms with Crippen molar-refractivity contribution in [2.24, 2.45) is 0 Å². The van der Waals surface area contributed by atoms with Crippen LogP contribution < -0.4 is 5.32 Å². The molecule has 3 rings (SSSR count). The molecule has 1 aromatic carbocycles. The Morgan fingerprint density at radius 2 is 1.75 bits per heavy atom. The van der Waals surface area contributed by atoms with Gasteiger partial charge >= 0.3 is 12.2 Å². The van der Waals surface area contributed by atoms with Crippen molar-refractivity contribution >= 4 is 35.4 Å². The van der Waals surface area contributed by atoms with Gasteiger partial charge in [-0.2, -0.15) is 0 Å². The Bertz CT molecular complexity index is 621. The molecule has 0 spiro atoms. The zero-order chi connectivity index (χ0) is 17.3. The second-order valence-electron chi connectivity index (χ2n) is 6.24. The van der Waals surface area contributed by atoms with E-state index in [-0.39, 0.29) is 24.7 Å². The highest BCUT2D eigenvalue weighted by atomic mass is 35.5. The Balaban J connectivity index is 1.50. The number of nitrogens with one attached hydrogen (secondary N) is 1. The van der Waals surface area contributed by atoms with Crippen molar-refractivity contribution in [3.63, 3.8) is 0 Å².